The maximum Gasteiger partial charge on any atom is 0.274 e. The number of carbonyl (C=O) groups is 1. The zero-order chi connectivity index (χ0) is 21.6. The van der Waals surface area contributed by atoms with Crippen molar-refractivity contribution in [2.24, 2.45) is 5.92 Å². The maximum absolute atomic E-state index is 12.6. The molecule has 1 saturated heterocycles. The minimum atomic E-state index is -0.149. The number of hydrogen-bond donors (Lipinski definition) is 1. The molecule has 0 radical (unpaired) electrons. The van der Waals surface area contributed by atoms with Crippen LogP contribution in [0.5, 0.6) is 11.5 Å². The Morgan fingerprint density at radius 2 is 1.87 bits per heavy atom. The Kier molecular flexibility index (Phi) is 6.87. The number of nitrogens with one attached hydrogen (secondary N) is 1. The standard InChI is InChI=1S/C25H28N2O3S/c1-29-23-15-20(12-13-22(23)30-17-19-10-6-3-7-11-19)14-21-24(28)26-25(31)27(21)16-18-8-4-2-5-9-18/h3,6-7,10-15,18H,2,4-5,8-9,16-17H2,1H3,(H,26,28,31)/b21-14+. The van der Waals surface area contributed by atoms with E-state index < -0.39 is 0 Å². The second-order valence-electron chi connectivity index (χ2n) is 8.09. The van der Waals surface area contributed by atoms with Gasteiger partial charge in [0.1, 0.15) is 12.3 Å². The average molecular weight is 437 g/mol. The summed E-state index contributed by atoms with van der Waals surface area (Å²) in [6.07, 6.45) is 8.09. The average Bonchev–Trinajstić information content (AvgIpc) is 3.06. The third kappa shape index (κ3) is 5.25. The molecule has 2 aromatic rings. The van der Waals surface area contributed by atoms with Crippen LogP contribution in [0.2, 0.25) is 0 Å². The third-order valence-corrected chi connectivity index (χ3v) is 6.21. The molecule has 1 heterocycles. The molecule has 2 fully saturated rings. The Bertz CT molecular complexity index is 968. The Morgan fingerprint density at radius 3 is 2.61 bits per heavy atom. The molecule has 1 saturated carbocycles. The highest BCUT2D eigenvalue weighted by atomic mass is 32.1. The fourth-order valence-corrected chi connectivity index (χ4v) is 4.47. The van der Waals surface area contributed by atoms with Crippen LogP contribution in [0.1, 0.15) is 43.2 Å². The number of hydrogen-bond acceptors (Lipinski definition) is 4. The van der Waals surface area contributed by atoms with Crippen LogP contribution in [0.15, 0.2) is 54.2 Å². The number of thiocarbonyl (C=S) groups is 1. The molecule has 31 heavy (non-hydrogen) atoms. The third-order valence-electron chi connectivity index (χ3n) is 5.88. The van der Waals surface area contributed by atoms with Crippen molar-refractivity contribution in [3.05, 3.63) is 65.4 Å². The molecule has 162 valence electrons. The first kappa shape index (κ1) is 21.4. The zero-order valence-electron chi connectivity index (χ0n) is 17.8. The molecule has 4 rings (SSSR count). The van der Waals surface area contributed by atoms with Crippen molar-refractivity contribution in [1.29, 1.82) is 0 Å². The van der Waals surface area contributed by atoms with Gasteiger partial charge in [0.15, 0.2) is 16.6 Å². The van der Waals surface area contributed by atoms with E-state index in [1.165, 1.54) is 32.1 Å². The Balaban J connectivity index is 1.51. The van der Waals surface area contributed by atoms with Crippen LogP contribution >= 0.6 is 12.2 Å². The number of nitrogens with zero attached hydrogens (tertiary/aromatic N) is 1. The van der Waals surface area contributed by atoms with Gasteiger partial charge in [0.2, 0.25) is 0 Å². The van der Waals surface area contributed by atoms with Crippen LogP contribution in [0.4, 0.5) is 0 Å². The van der Waals surface area contributed by atoms with Gasteiger partial charge in [0.25, 0.3) is 5.91 Å². The van der Waals surface area contributed by atoms with Crippen molar-refractivity contribution in [1.82, 2.24) is 10.2 Å². The normalized spacial score (nSPS) is 18.4. The quantitative estimate of drug-likeness (QED) is 0.494. The summed E-state index contributed by atoms with van der Waals surface area (Å²) in [6, 6.07) is 15.7. The monoisotopic (exact) mass is 436 g/mol. The van der Waals surface area contributed by atoms with Gasteiger partial charge in [0.05, 0.1) is 7.11 Å². The van der Waals surface area contributed by atoms with Crippen LogP contribution in [-0.2, 0) is 11.4 Å². The SMILES string of the molecule is COc1cc(/C=C2\C(=O)NC(=S)N2CC2CCCCC2)ccc1OCc1ccccc1. The lowest BCUT2D eigenvalue weighted by molar-refractivity contribution is -0.115. The highest BCUT2D eigenvalue weighted by molar-refractivity contribution is 7.80. The van der Waals surface area contributed by atoms with Crippen LogP contribution < -0.4 is 14.8 Å². The van der Waals surface area contributed by atoms with E-state index in [0.717, 1.165) is 17.7 Å². The van der Waals surface area contributed by atoms with E-state index in [-0.39, 0.29) is 5.91 Å². The number of amides is 1. The summed E-state index contributed by atoms with van der Waals surface area (Å²) in [4.78, 5) is 14.5. The summed E-state index contributed by atoms with van der Waals surface area (Å²) in [7, 11) is 1.62. The van der Waals surface area contributed by atoms with Gasteiger partial charge in [-0.2, -0.15) is 0 Å². The molecule has 2 aliphatic rings. The number of ether oxygens (including phenoxy) is 2. The fraction of sp³-hybridized carbons (Fsp3) is 0.360. The molecule has 1 aliphatic heterocycles. The number of carbonyl (C=O) groups excluding carboxylic acids is 1. The molecule has 6 heteroatoms. The van der Waals surface area contributed by atoms with Gasteiger partial charge >= 0.3 is 0 Å². The molecule has 1 amide bonds. The molecule has 0 atom stereocenters. The highest BCUT2D eigenvalue weighted by Gasteiger charge is 2.32. The largest absolute Gasteiger partial charge is 0.493 e. The van der Waals surface area contributed by atoms with Crippen molar-refractivity contribution < 1.29 is 14.3 Å². The molecule has 2 aromatic carbocycles. The molecule has 0 aromatic heterocycles. The van der Waals surface area contributed by atoms with Crippen LogP contribution in [0.3, 0.4) is 0 Å². The first-order valence-corrected chi connectivity index (χ1v) is 11.2. The van der Waals surface area contributed by atoms with E-state index in [0.29, 0.717) is 34.8 Å². The topological polar surface area (TPSA) is 50.8 Å². The van der Waals surface area contributed by atoms with Crippen LogP contribution in [0.25, 0.3) is 6.08 Å². The molecule has 1 aliphatic carbocycles. The summed E-state index contributed by atoms with van der Waals surface area (Å²) in [6.45, 7) is 1.25. The van der Waals surface area contributed by atoms with Gasteiger partial charge in [-0.3, -0.25) is 10.1 Å². The Morgan fingerprint density at radius 1 is 1.10 bits per heavy atom. The zero-order valence-corrected chi connectivity index (χ0v) is 18.6. The van der Waals surface area contributed by atoms with Crippen molar-refractivity contribution in [2.45, 2.75) is 38.7 Å². The highest BCUT2D eigenvalue weighted by Crippen LogP contribution is 2.31. The molecular formula is C25H28N2O3S. The van der Waals surface area contributed by atoms with E-state index in [4.69, 9.17) is 21.7 Å². The van der Waals surface area contributed by atoms with Crippen LogP contribution in [0, 0.1) is 5.92 Å². The molecule has 0 bridgehead atoms. The Labute approximate surface area is 189 Å². The smallest absolute Gasteiger partial charge is 0.274 e. The summed E-state index contributed by atoms with van der Waals surface area (Å²) in [5, 5.41) is 3.30. The van der Waals surface area contributed by atoms with E-state index in [9.17, 15) is 4.79 Å². The van der Waals surface area contributed by atoms with E-state index in [2.05, 4.69) is 5.32 Å². The molecule has 5 nitrogen and oxygen atoms in total. The number of rotatable bonds is 7. The lowest BCUT2D eigenvalue weighted by Gasteiger charge is -2.27. The summed E-state index contributed by atoms with van der Waals surface area (Å²) < 4.78 is 11.5. The number of benzene rings is 2. The van der Waals surface area contributed by atoms with Gasteiger partial charge in [-0.25, -0.2) is 0 Å². The molecule has 1 N–H and O–H groups in total. The number of methoxy groups -OCH3 is 1. The lowest BCUT2D eigenvalue weighted by atomic mass is 9.89. The van der Waals surface area contributed by atoms with Gasteiger partial charge in [0, 0.05) is 6.54 Å². The fourth-order valence-electron chi connectivity index (χ4n) is 4.20. The van der Waals surface area contributed by atoms with Gasteiger partial charge in [-0.15, -0.1) is 0 Å². The van der Waals surface area contributed by atoms with Crippen molar-refractivity contribution in [3.63, 3.8) is 0 Å². The lowest BCUT2D eigenvalue weighted by Crippen LogP contribution is -2.32. The summed E-state index contributed by atoms with van der Waals surface area (Å²) >= 11 is 5.44. The van der Waals surface area contributed by atoms with Crippen LogP contribution in [-0.4, -0.2) is 29.6 Å². The van der Waals surface area contributed by atoms with E-state index >= 15 is 0 Å². The van der Waals surface area contributed by atoms with Gasteiger partial charge in [-0.05, 0) is 60.3 Å². The first-order chi connectivity index (χ1) is 15.1. The Hall–Kier alpha value is -2.86. The van der Waals surface area contributed by atoms with Gasteiger partial charge < -0.3 is 14.4 Å². The predicted molar refractivity (Wildman–Crippen MR) is 126 cm³/mol. The second-order valence-corrected chi connectivity index (χ2v) is 8.47. The molecular weight excluding hydrogens is 408 g/mol. The minimum Gasteiger partial charge on any atom is -0.493 e. The molecule has 0 unspecified atom stereocenters. The summed E-state index contributed by atoms with van der Waals surface area (Å²) in [5.41, 5.74) is 2.55. The first-order valence-electron chi connectivity index (χ1n) is 10.8. The second kappa shape index (κ2) is 9.96. The predicted octanol–water partition coefficient (Wildman–Crippen LogP) is 4.91. The van der Waals surface area contributed by atoms with E-state index in [1.54, 1.807) is 7.11 Å². The maximum atomic E-state index is 12.6. The molecule has 0 spiro atoms. The van der Waals surface area contributed by atoms with E-state index in [1.807, 2.05) is 59.5 Å². The minimum absolute atomic E-state index is 0.149. The van der Waals surface area contributed by atoms with Crippen molar-refractivity contribution >= 4 is 29.3 Å². The van der Waals surface area contributed by atoms with Crippen molar-refractivity contribution in [3.8, 4) is 11.5 Å². The summed E-state index contributed by atoms with van der Waals surface area (Å²) in [5.74, 6) is 1.72. The van der Waals surface area contributed by atoms with Gasteiger partial charge in [-0.1, -0.05) is 55.7 Å². The van der Waals surface area contributed by atoms with Crippen molar-refractivity contribution in [2.75, 3.05) is 13.7 Å².